The third-order valence-corrected chi connectivity index (χ3v) is 2.01. The minimum absolute atomic E-state index is 0.171. The molecule has 0 rings (SSSR count). The summed E-state index contributed by atoms with van der Waals surface area (Å²) in [6.07, 6.45) is 2.66. The third kappa shape index (κ3) is 9.69. The molecule has 0 heterocycles. The van der Waals surface area contributed by atoms with E-state index in [1.54, 1.807) is 19.0 Å². The predicted molar refractivity (Wildman–Crippen MR) is 61.9 cm³/mol. The van der Waals surface area contributed by atoms with Gasteiger partial charge in [0.1, 0.15) is 0 Å². The van der Waals surface area contributed by atoms with E-state index in [4.69, 9.17) is 4.74 Å². The highest BCUT2D eigenvalue weighted by molar-refractivity contribution is 5.75. The van der Waals surface area contributed by atoms with Gasteiger partial charge in [0.2, 0.25) is 5.91 Å². The first-order valence-electron chi connectivity index (χ1n) is 5.67. The molecule has 0 saturated carbocycles. The molecule has 0 aromatic carbocycles. The van der Waals surface area contributed by atoms with Crippen molar-refractivity contribution >= 4 is 5.91 Å². The number of ether oxygens (including phenoxy) is 1. The van der Waals surface area contributed by atoms with E-state index in [0.29, 0.717) is 6.42 Å². The standard InChI is InChI=1S/C11H24N2O2/c1-4-9-15-10-5-7-12-8-6-11(14)13(2)3/h12H,4-10H2,1-3H3. The Balaban J connectivity index is 3.08. The highest BCUT2D eigenvalue weighted by atomic mass is 16.5. The summed E-state index contributed by atoms with van der Waals surface area (Å²) in [6.45, 7) is 5.43. The second kappa shape index (κ2) is 9.93. The Morgan fingerprint density at radius 3 is 2.60 bits per heavy atom. The Hall–Kier alpha value is -0.610. The average molecular weight is 216 g/mol. The number of amides is 1. The first-order chi connectivity index (χ1) is 7.18. The zero-order chi connectivity index (χ0) is 11.5. The van der Waals surface area contributed by atoms with Gasteiger partial charge in [-0.25, -0.2) is 0 Å². The third-order valence-electron chi connectivity index (χ3n) is 2.01. The van der Waals surface area contributed by atoms with E-state index in [-0.39, 0.29) is 5.91 Å². The molecule has 0 bridgehead atoms. The van der Waals surface area contributed by atoms with Gasteiger partial charge in [-0.15, -0.1) is 0 Å². The summed E-state index contributed by atoms with van der Waals surface area (Å²) in [5.41, 5.74) is 0. The van der Waals surface area contributed by atoms with E-state index in [9.17, 15) is 4.79 Å². The van der Waals surface area contributed by atoms with Crippen molar-refractivity contribution in [3.8, 4) is 0 Å². The number of rotatable bonds is 9. The molecule has 0 aliphatic rings. The van der Waals surface area contributed by atoms with E-state index >= 15 is 0 Å². The fourth-order valence-electron chi connectivity index (χ4n) is 1.09. The second-order valence-corrected chi connectivity index (χ2v) is 3.75. The van der Waals surface area contributed by atoms with Crippen LogP contribution in [0, 0.1) is 0 Å². The van der Waals surface area contributed by atoms with Crippen LogP contribution in [0.4, 0.5) is 0 Å². The summed E-state index contributed by atoms with van der Waals surface area (Å²) in [5.74, 6) is 0.171. The Morgan fingerprint density at radius 1 is 1.27 bits per heavy atom. The van der Waals surface area contributed by atoms with Crippen LogP contribution >= 0.6 is 0 Å². The van der Waals surface area contributed by atoms with Crippen molar-refractivity contribution < 1.29 is 9.53 Å². The largest absolute Gasteiger partial charge is 0.381 e. The maximum absolute atomic E-state index is 11.2. The summed E-state index contributed by atoms with van der Waals surface area (Å²) in [5, 5.41) is 3.22. The molecule has 0 aromatic heterocycles. The van der Waals surface area contributed by atoms with E-state index in [2.05, 4.69) is 12.2 Å². The lowest BCUT2D eigenvalue weighted by atomic mass is 10.3. The molecular weight excluding hydrogens is 192 g/mol. The molecule has 4 heteroatoms. The molecule has 0 saturated heterocycles. The van der Waals surface area contributed by atoms with Gasteiger partial charge in [0.25, 0.3) is 0 Å². The van der Waals surface area contributed by atoms with Crippen molar-refractivity contribution in [1.82, 2.24) is 10.2 Å². The molecule has 0 unspecified atom stereocenters. The van der Waals surface area contributed by atoms with Crippen LogP contribution < -0.4 is 5.32 Å². The van der Waals surface area contributed by atoms with Crippen LogP contribution in [-0.2, 0) is 9.53 Å². The van der Waals surface area contributed by atoms with Gasteiger partial charge in [-0.2, -0.15) is 0 Å². The predicted octanol–water partition coefficient (Wildman–Crippen LogP) is 0.871. The highest BCUT2D eigenvalue weighted by Gasteiger charge is 2.01. The van der Waals surface area contributed by atoms with Gasteiger partial charge in [-0.1, -0.05) is 6.92 Å². The minimum atomic E-state index is 0.171. The molecule has 0 aliphatic carbocycles. The maximum atomic E-state index is 11.2. The molecule has 0 spiro atoms. The number of carbonyl (C=O) groups is 1. The lowest BCUT2D eigenvalue weighted by Gasteiger charge is -2.10. The van der Waals surface area contributed by atoms with Crippen molar-refractivity contribution in [2.75, 3.05) is 40.4 Å². The molecule has 0 aromatic rings. The van der Waals surface area contributed by atoms with Gasteiger partial charge in [0.05, 0.1) is 0 Å². The van der Waals surface area contributed by atoms with Crippen LogP contribution in [0.15, 0.2) is 0 Å². The molecule has 1 amide bonds. The Bertz CT molecular complexity index is 161. The molecule has 0 radical (unpaired) electrons. The molecule has 0 aliphatic heterocycles. The van der Waals surface area contributed by atoms with Crippen molar-refractivity contribution in [2.45, 2.75) is 26.2 Å². The number of nitrogens with zero attached hydrogens (tertiary/aromatic N) is 1. The minimum Gasteiger partial charge on any atom is -0.381 e. The number of nitrogens with one attached hydrogen (secondary N) is 1. The van der Waals surface area contributed by atoms with Crippen molar-refractivity contribution in [1.29, 1.82) is 0 Å². The van der Waals surface area contributed by atoms with Gasteiger partial charge in [-0.3, -0.25) is 4.79 Å². The van der Waals surface area contributed by atoms with Gasteiger partial charge in [0.15, 0.2) is 0 Å². The van der Waals surface area contributed by atoms with E-state index in [1.165, 1.54) is 0 Å². The maximum Gasteiger partial charge on any atom is 0.223 e. The summed E-state index contributed by atoms with van der Waals surface area (Å²) in [6, 6.07) is 0. The Labute approximate surface area is 93.0 Å². The lowest BCUT2D eigenvalue weighted by molar-refractivity contribution is -0.128. The van der Waals surface area contributed by atoms with Gasteiger partial charge < -0.3 is 15.0 Å². The van der Waals surface area contributed by atoms with Crippen LogP contribution in [-0.4, -0.2) is 51.2 Å². The van der Waals surface area contributed by atoms with Crippen molar-refractivity contribution in [2.24, 2.45) is 0 Å². The molecule has 0 fully saturated rings. The fourth-order valence-corrected chi connectivity index (χ4v) is 1.09. The normalized spacial score (nSPS) is 10.3. The van der Waals surface area contributed by atoms with Crippen LogP contribution in [0.5, 0.6) is 0 Å². The number of hydrogen-bond donors (Lipinski definition) is 1. The first-order valence-corrected chi connectivity index (χ1v) is 5.67. The summed E-state index contributed by atoms with van der Waals surface area (Å²) < 4.78 is 5.33. The lowest BCUT2D eigenvalue weighted by Crippen LogP contribution is -2.27. The molecule has 4 nitrogen and oxygen atoms in total. The second-order valence-electron chi connectivity index (χ2n) is 3.75. The Morgan fingerprint density at radius 2 is 2.00 bits per heavy atom. The van der Waals surface area contributed by atoms with Crippen LogP contribution in [0.3, 0.4) is 0 Å². The molecular formula is C11H24N2O2. The summed E-state index contributed by atoms with van der Waals surface area (Å²) in [4.78, 5) is 12.8. The van der Waals surface area contributed by atoms with Crippen molar-refractivity contribution in [3.05, 3.63) is 0 Å². The zero-order valence-corrected chi connectivity index (χ0v) is 10.2. The Kier molecular flexibility index (Phi) is 9.52. The summed E-state index contributed by atoms with van der Waals surface area (Å²) in [7, 11) is 3.56. The SMILES string of the molecule is CCCOCCCNCCC(=O)N(C)C. The van der Waals surface area contributed by atoms with Crippen molar-refractivity contribution in [3.63, 3.8) is 0 Å². The van der Waals surface area contributed by atoms with Crippen LogP contribution in [0.2, 0.25) is 0 Å². The van der Waals surface area contributed by atoms with Gasteiger partial charge in [0, 0.05) is 40.3 Å². The fraction of sp³-hybridized carbons (Fsp3) is 0.909. The smallest absolute Gasteiger partial charge is 0.223 e. The zero-order valence-electron chi connectivity index (χ0n) is 10.2. The molecule has 90 valence electrons. The van der Waals surface area contributed by atoms with Crippen LogP contribution in [0.1, 0.15) is 26.2 Å². The molecule has 1 N–H and O–H groups in total. The number of hydrogen-bond acceptors (Lipinski definition) is 3. The molecule has 15 heavy (non-hydrogen) atoms. The van der Waals surface area contributed by atoms with Gasteiger partial charge in [-0.05, 0) is 19.4 Å². The average Bonchev–Trinajstić information content (AvgIpc) is 2.21. The summed E-state index contributed by atoms with van der Waals surface area (Å²) >= 11 is 0. The number of carbonyl (C=O) groups excluding carboxylic acids is 1. The van der Waals surface area contributed by atoms with E-state index in [1.807, 2.05) is 0 Å². The quantitative estimate of drug-likeness (QED) is 0.582. The first kappa shape index (κ1) is 14.4. The van der Waals surface area contributed by atoms with E-state index in [0.717, 1.165) is 39.1 Å². The van der Waals surface area contributed by atoms with Crippen LogP contribution in [0.25, 0.3) is 0 Å². The molecule has 0 atom stereocenters. The van der Waals surface area contributed by atoms with E-state index < -0.39 is 0 Å². The van der Waals surface area contributed by atoms with Gasteiger partial charge >= 0.3 is 0 Å². The highest BCUT2D eigenvalue weighted by Crippen LogP contribution is 1.86. The monoisotopic (exact) mass is 216 g/mol. The topological polar surface area (TPSA) is 41.6 Å².